The summed E-state index contributed by atoms with van der Waals surface area (Å²) in [4.78, 5) is 48.2. The number of rotatable bonds is 11. The Kier molecular flexibility index (Phi) is 9.72. The Balaban J connectivity index is 1.91. The van der Waals surface area contributed by atoms with E-state index in [0.29, 0.717) is 24.1 Å². The van der Waals surface area contributed by atoms with Crippen molar-refractivity contribution in [2.75, 3.05) is 5.32 Å². The summed E-state index contributed by atoms with van der Waals surface area (Å²) in [6.07, 6.45) is 0.0981. The molecule has 0 unspecified atom stereocenters. The van der Waals surface area contributed by atoms with E-state index in [1.165, 1.54) is 24.7 Å². The minimum absolute atomic E-state index is 0.0907. The van der Waals surface area contributed by atoms with Crippen LogP contribution >= 0.6 is 11.3 Å². The molecule has 9 nitrogen and oxygen atoms in total. The minimum atomic E-state index is -4.46. The van der Waals surface area contributed by atoms with Crippen molar-refractivity contribution in [2.45, 2.75) is 71.8 Å². The number of imidazole rings is 1. The Bertz CT molecular complexity index is 1300. The molecule has 0 fully saturated rings. The Morgan fingerprint density at radius 2 is 1.80 bits per heavy atom. The lowest BCUT2D eigenvalue weighted by molar-refractivity contribution is -0.139. The average molecular weight is 580 g/mol. The van der Waals surface area contributed by atoms with Gasteiger partial charge in [0.2, 0.25) is 5.78 Å². The molecule has 216 valence electrons. The van der Waals surface area contributed by atoms with Crippen molar-refractivity contribution in [2.24, 2.45) is 5.41 Å². The van der Waals surface area contributed by atoms with Gasteiger partial charge in [0, 0.05) is 29.9 Å². The number of thiazole rings is 1. The molecule has 0 aliphatic rings. The Morgan fingerprint density at radius 1 is 1.12 bits per heavy atom. The zero-order valence-electron chi connectivity index (χ0n) is 22.6. The second-order valence-corrected chi connectivity index (χ2v) is 11.3. The minimum Gasteiger partial charge on any atom is -0.465 e. The molecule has 0 spiro atoms. The molecule has 3 aromatic rings. The van der Waals surface area contributed by atoms with E-state index in [4.69, 9.17) is 0 Å². The molecule has 0 bridgehead atoms. The van der Waals surface area contributed by atoms with E-state index >= 15 is 0 Å². The number of aromatic nitrogens is 3. The average Bonchev–Trinajstić information content (AvgIpc) is 3.56. The molecule has 2 N–H and O–H groups in total. The van der Waals surface area contributed by atoms with E-state index < -0.39 is 47.0 Å². The van der Waals surface area contributed by atoms with Crippen molar-refractivity contribution in [1.82, 2.24) is 19.4 Å². The van der Waals surface area contributed by atoms with Gasteiger partial charge in [-0.15, -0.1) is 11.3 Å². The van der Waals surface area contributed by atoms with Gasteiger partial charge in [-0.1, -0.05) is 52.7 Å². The molecule has 0 aliphatic carbocycles. The number of hydrogen-bond donors (Lipinski definition) is 2. The Hall–Kier alpha value is -3.74. The second-order valence-electron chi connectivity index (χ2n) is 10.4. The van der Waals surface area contributed by atoms with Crippen LogP contribution in [0.2, 0.25) is 0 Å². The number of benzene rings is 1. The maximum atomic E-state index is 13.4. The summed E-state index contributed by atoms with van der Waals surface area (Å²) in [5.41, 5.74) is -0.579. The van der Waals surface area contributed by atoms with Gasteiger partial charge in [0.15, 0.2) is 5.13 Å². The first-order chi connectivity index (χ1) is 18.7. The molecular formula is C27H32F3N5O4S. The van der Waals surface area contributed by atoms with Crippen LogP contribution in [0, 0.1) is 5.41 Å². The van der Waals surface area contributed by atoms with Crippen LogP contribution in [-0.2, 0) is 22.3 Å². The fraction of sp³-hybridized carbons (Fsp3) is 0.444. The fourth-order valence-electron chi connectivity index (χ4n) is 4.29. The van der Waals surface area contributed by atoms with E-state index in [1.807, 2.05) is 27.7 Å². The molecule has 40 heavy (non-hydrogen) atoms. The van der Waals surface area contributed by atoms with Crippen LogP contribution in [0.25, 0.3) is 11.3 Å². The SMILES string of the molecule is CCCC[C@@H](C(=O)C(=O)Nc1nccs1)N(C(=O)O)[C@H](Cn1cnc(-c2ccc(C(F)(F)F)cc2)c1)C(C)(C)C. The Morgan fingerprint density at radius 3 is 2.33 bits per heavy atom. The van der Waals surface area contributed by atoms with Gasteiger partial charge in [0.1, 0.15) is 6.04 Å². The number of carbonyl (C=O) groups excluding carboxylic acids is 2. The first-order valence-electron chi connectivity index (χ1n) is 12.7. The predicted octanol–water partition coefficient (Wildman–Crippen LogP) is 6.19. The standard InChI is InChI=1S/C27H32F3N5O4S/c1-5-6-7-20(22(36)23(37)33-24-31-12-13-40-24)35(25(38)39)21(26(2,3)4)15-34-14-19(32-16-34)17-8-10-18(11-9-17)27(28,29)30/h8-14,16,20-21H,5-7,15H2,1-4H3,(H,38,39)(H,31,33,37)/t20-,21+/m0/s1. The summed E-state index contributed by atoms with van der Waals surface area (Å²) in [6, 6.07) is 2.58. The lowest BCUT2D eigenvalue weighted by Gasteiger charge is -2.42. The lowest BCUT2D eigenvalue weighted by atomic mass is 9.84. The highest BCUT2D eigenvalue weighted by Gasteiger charge is 2.42. The van der Waals surface area contributed by atoms with Crippen molar-refractivity contribution in [1.29, 1.82) is 0 Å². The number of halogens is 3. The molecule has 2 aromatic heterocycles. The lowest BCUT2D eigenvalue weighted by Crippen LogP contribution is -2.57. The van der Waals surface area contributed by atoms with Crippen molar-refractivity contribution in [3.05, 3.63) is 53.9 Å². The zero-order chi connectivity index (χ0) is 29.7. The number of nitrogens with one attached hydrogen (secondary N) is 1. The van der Waals surface area contributed by atoms with Gasteiger partial charge in [-0.25, -0.2) is 14.8 Å². The third-order valence-corrected chi connectivity index (χ3v) is 7.12. The molecule has 2 amide bonds. The van der Waals surface area contributed by atoms with Crippen LogP contribution in [0.3, 0.4) is 0 Å². The highest BCUT2D eigenvalue weighted by Crippen LogP contribution is 2.32. The predicted molar refractivity (Wildman–Crippen MR) is 145 cm³/mol. The number of ketones is 1. The van der Waals surface area contributed by atoms with E-state index in [1.54, 1.807) is 16.1 Å². The van der Waals surface area contributed by atoms with Crippen LogP contribution in [0.5, 0.6) is 0 Å². The molecule has 0 aliphatic heterocycles. The molecule has 0 radical (unpaired) electrons. The quantitative estimate of drug-likeness (QED) is 0.262. The van der Waals surface area contributed by atoms with Crippen LogP contribution in [0.4, 0.5) is 23.1 Å². The van der Waals surface area contributed by atoms with E-state index in [9.17, 15) is 32.7 Å². The molecule has 2 atom stereocenters. The summed E-state index contributed by atoms with van der Waals surface area (Å²) in [5, 5.41) is 14.6. The van der Waals surface area contributed by atoms with Gasteiger partial charge in [-0.3, -0.25) is 19.8 Å². The number of alkyl halides is 3. The van der Waals surface area contributed by atoms with E-state index in [-0.39, 0.29) is 18.1 Å². The van der Waals surface area contributed by atoms with Crippen molar-refractivity contribution < 1.29 is 32.7 Å². The van der Waals surface area contributed by atoms with E-state index in [2.05, 4.69) is 15.3 Å². The molecule has 0 saturated carbocycles. The number of hydrogen-bond acceptors (Lipinski definition) is 6. The third kappa shape index (κ3) is 7.68. The number of nitrogens with zero attached hydrogens (tertiary/aromatic N) is 4. The van der Waals surface area contributed by atoms with E-state index in [0.717, 1.165) is 28.4 Å². The van der Waals surface area contributed by atoms with Crippen LogP contribution < -0.4 is 5.32 Å². The number of amides is 2. The highest BCUT2D eigenvalue weighted by atomic mass is 32.1. The topological polar surface area (TPSA) is 117 Å². The first kappa shape index (κ1) is 30.8. The van der Waals surface area contributed by atoms with Crippen molar-refractivity contribution in [3.8, 4) is 11.3 Å². The fourth-order valence-corrected chi connectivity index (χ4v) is 4.81. The van der Waals surface area contributed by atoms with Gasteiger partial charge in [0.05, 0.1) is 23.6 Å². The molecule has 2 heterocycles. The second kappa shape index (κ2) is 12.6. The highest BCUT2D eigenvalue weighted by molar-refractivity contribution is 7.13. The number of carboxylic acid groups (broad SMARTS) is 1. The van der Waals surface area contributed by atoms with Gasteiger partial charge < -0.3 is 9.67 Å². The summed E-state index contributed by atoms with van der Waals surface area (Å²) < 4.78 is 40.5. The van der Waals surface area contributed by atoms with Gasteiger partial charge in [-0.2, -0.15) is 13.2 Å². The summed E-state index contributed by atoms with van der Waals surface area (Å²) in [6.45, 7) is 7.49. The number of carbonyl (C=O) groups is 3. The maximum Gasteiger partial charge on any atom is 0.416 e. The van der Waals surface area contributed by atoms with Gasteiger partial charge in [0.25, 0.3) is 5.91 Å². The zero-order valence-corrected chi connectivity index (χ0v) is 23.4. The van der Waals surface area contributed by atoms with Crippen LogP contribution in [-0.4, -0.2) is 54.4 Å². The molecule has 13 heteroatoms. The van der Waals surface area contributed by atoms with Crippen LogP contribution in [0.15, 0.2) is 48.4 Å². The maximum absolute atomic E-state index is 13.4. The third-order valence-electron chi connectivity index (χ3n) is 6.43. The number of anilines is 1. The van der Waals surface area contributed by atoms with Crippen molar-refractivity contribution in [3.63, 3.8) is 0 Å². The van der Waals surface area contributed by atoms with Gasteiger partial charge in [-0.05, 0) is 24.0 Å². The molecular weight excluding hydrogens is 547 g/mol. The van der Waals surface area contributed by atoms with Crippen LogP contribution in [0.1, 0.15) is 52.5 Å². The van der Waals surface area contributed by atoms with Crippen molar-refractivity contribution >= 4 is 34.3 Å². The largest absolute Gasteiger partial charge is 0.465 e. The normalized spacial score (nSPS) is 13.5. The number of unbranched alkanes of at least 4 members (excludes halogenated alkanes) is 1. The summed E-state index contributed by atoms with van der Waals surface area (Å²) in [7, 11) is 0. The summed E-state index contributed by atoms with van der Waals surface area (Å²) >= 11 is 1.14. The summed E-state index contributed by atoms with van der Waals surface area (Å²) in [5.74, 6) is -1.82. The van der Waals surface area contributed by atoms with Gasteiger partial charge >= 0.3 is 12.3 Å². The first-order valence-corrected chi connectivity index (χ1v) is 13.6. The molecule has 3 rings (SSSR count). The number of Topliss-reactive ketones (excluding diaryl/α,β-unsaturated/α-hetero) is 1. The monoisotopic (exact) mass is 579 g/mol. The molecule has 0 saturated heterocycles. The Labute approximate surface area is 234 Å². The smallest absolute Gasteiger partial charge is 0.416 e. The molecule has 1 aromatic carbocycles.